The standard InChI is InChI=1S/C12H22O4S/c1-6-7-10(2)8-9-11(12(3,4)13)16-17(5,14)15/h6-7,11,13H,1,8-9H2,2-5H3/b10-7+. The predicted octanol–water partition coefficient (Wildman–Crippen LogP) is 2.01. The van der Waals surface area contributed by atoms with Gasteiger partial charge in [0, 0.05) is 0 Å². The highest BCUT2D eigenvalue weighted by molar-refractivity contribution is 7.86. The minimum Gasteiger partial charge on any atom is -0.388 e. The molecule has 1 atom stereocenters. The van der Waals surface area contributed by atoms with E-state index in [1.54, 1.807) is 6.08 Å². The molecule has 1 unspecified atom stereocenters. The van der Waals surface area contributed by atoms with Crippen molar-refractivity contribution in [1.29, 1.82) is 0 Å². The highest BCUT2D eigenvalue weighted by Crippen LogP contribution is 2.21. The normalized spacial score (nSPS) is 15.7. The summed E-state index contributed by atoms with van der Waals surface area (Å²) in [5.41, 5.74) is -0.135. The molecule has 100 valence electrons. The van der Waals surface area contributed by atoms with Crippen molar-refractivity contribution in [2.75, 3.05) is 6.26 Å². The summed E-state index contributed by atoms with van der Waals surface area (Å²) in [4.78, 5) is 0. The Labute approximate surface area is 104 Å². The zero-order chi connectivity index (χ0) is 13.7. The molecular formula is C12H22O4S. The lowest BCUT2D eigenvalue weighted by Crippen LogP contribution is -2.39. The van der Waals surface area contributed by atoms with Crippen LogP contribution in [0, 0.1) is 0 Å². The van der Waals surface area contributed by atoms with Crippen molar-refractivity contribution >= 4 is 10.1 Å². The fourth-order valence-corrected chi connectivity index (χ4v) is 2.13. The Morgan fingerprint density at radius 1 is 1.53 bits per heavy atom. The van der Waals surface area contributed by atoms with E-state index in [9.17, 15) is 13.5 Å². The van der Waals surface area contributed by atoms with Crippen LogP contribution in [-0.4, -0.2) is 31.5 Å². The van der Waals surface area contributed by atoms with Crippen LogP contribution in [0.4, 0.5) is 0 Å². The first kappa shape index (κ1) is 16.4. The summed E-state index contributed by atoms with van der Waals surface area (Å²) in [5, 5.41) is 9.85. The van der Waals surface area contributed by atoms with E-state index in [2.05, 4.69) is 6.58 Å². The Balaban J connectivity index is 4.63. The fourth-order valence-electron chi connectivity index (χ4n) is 1.37. The summed E-state index contributed by atoms with van der Waals surface area (Å²) >= 11 is 0. The van der Waals surface area contributed by atoms with Crippen molar-refractivity contribution in [3.8, 4) is 0 Å². The number of hydrogen-bond acceptors (Lipinski definition) is 4. The SMILES string of the molecule is C=C/C=C(\C)CCC(OS(C)(=O)=O)C(C)(C)O. The number of allylic oxidation sites excluding steroid dienone is 3. The Bertz CT molecular complexity index is 374. The van der Waals surface area contributed by atoms with E-state index >= 15 is 0 Å². The van der Waals surface area contributed by atoms with Crippen LogP contribution in [-0.2, 0) is 14.3 Å². The second-order valence-electron chi connectivity index (χ2n) is 4.73. The topological polar surface area (TPSA) is 63.6 Å². The molecule has 0 fully saturated rings. The average molecular weight is 262 g/mol. The fraction of sp³-hybridized carbons (Fsp3) is 0.667. The molecule has 0 bridgehead atoms. The molecule has 0 rings (SSSR count). The van der Waals surface area contributed by atoms with Gasteiger partial charge in [-0.3, -0.25) is 4.18 Å². The smallest absolute Gasteiger partial charge is 0.264 e. The molecule has 0 aliphatic rings. The summed E-state index contributed by atoms with van der Waals surface area (Å²) in [5.74, 6) is 0. The van der Waals surface area contributed by atoms with Crippen LogP contribution in [0.3, 0.4) is 0 Å². The summed E-state index contributed by atoms with van der Waals surface area (Å²) in [7, 11) is -3.57. The summed E-state index contributed by atoms with van der Waals surface area (Å²) < 4.78 is 27.1. The van der Waals surface area contributed by atoms with Gasteiger partial charge in [-0.2, -0.15) is 8.42 Å². The third-order valence-electron chi connectivity index (χ3n) is 2.28. The van der Waals surface area contributed by atoms with E-state index < -0.39 is 21.8 Å². The molecule has 0 spiro atoms. The molecule has 0 saturated heterocycles. The molecule has 1 N–H and O–H groups in total. The van der Waals surface area contributed by atoms with Gasteiger partial charge in [-0.05, 0) is 33.6 Å². The van der Waals surface area contributed by atoms with Gasteiger partial charge in [0.1, 0.15) is 6.10 Å². The van der Waals surface area contributed by atoms with Crippen LogP contribution in [0.1, 0.15) is 33.6 Å². The zero-order valence-corrected chi connectivity index (χ0v) is 11.8. The highest BCUT2D eigenvalue weighted by atomic mass is 32.2. The van der Waals surface area contributed by atoms with Gasteiger partial charge >= 0.3 is 0 Å². The minimum atomic E-state index is -3.57. The van der Waals surface area contributed by atoms with Gasteiger partial charge in [0.2, 0.25) is 0 Å². The first-order valence-electron chi connectivity index (χ1n) is 5.45. The third-order valence-corrected chi connectivity index (χ3v) is 2.86. The number of aliphatic hydroxyl groups is 1. The number of hydrogen-bond donors (Lipinski definition) is 1. The van der Waals surface area contributed by atoms with Gasteiger partial charge < -0.3 is 5.11 Å². The van der Waals surface area contributed by atoms with Crippen LogP contribution >= 0.6 is 0 Å². The van der Waals surface area contributed by atoms with Gasteiger partial charge in [0.05, 0.1) is 11.9 Å². The van der Waals surface area contributed by atoms with Gasteiger partial charge in [-0.25, -0.2) is 0 Å². The first-order chi connectivity index (χ1) is 7.56. The van der Waals surface area contributed by atoms with Crippen molar-refractivity contribution < 1.29 is 17.7 Å². The van der Waals surface area contributed by atoms with E-state index in [-0.39, 0.29) is 0 Å². The largest absolute Gasteiger partial charge is 0.388 e. The summed E-state index contributed by atoms with van der Waals surface area (Å²) in [6.45, 7) is 8.58. The van der Waals surface area contributed by atoms with E-state index in [1.165, 1.54) is 13.8 Å². The van der Waals surface area contributed by atoms with Crippen LogP contribution in [0.2, 0.25) is 0 Å². The maximum Gasteiger partial charge on any atom is 0.264 e. The van der Waals surface area contributed by atoms with E-state index in [4.69, 9.17) is 4.18 Å². The molecule has 5 heteroatoms. The molecule has 4 nitrogen and oxygen atoms in total. The van der Waals surface area contributed by atoms with Crippen molar-refractivity contribution in [3.05, 3.63) is 24.3 Å². The Morgan fingerprint density at radius 2 is 2.06 bits per heavy atom. The van der Waals surface area contributed by atoms with Crippen LogP contribution < -0.4 is 0 Å². The third kappa shape index (κ3) is 8.12. The van der Waals surface area contributed by atoms with Crippen LogP contribution in [0.25, 0.3) is 0 Å². The summed E-state index contributed by atoms with van der Waals surface area (Å²) in [6, 6.07) is 0. The molecule has 0 aliphatic heterocycles. The summed E-state index contributed by atoms with van der Waals surface area (Å²) in [6.07, 6.45) is 4.85. The number of rotatable bonds is 7. The van der Waals surface area contributed by atoms with Crippen molar-refractivity contribution in [1.82, 2.24) is 0 Å². The molecule has 0 heterocycles. The molecule has 0 saturated carbocycles. The lowest BCUT2D eigenvalue weighted by molar-refractivity contribution is -0.0337. The van der Waals surface area contributed by atoms with Gasteiger partial charge in [0.15, 0.2) is 0 Å². The maximum atomic E-state index is 11.1. The maximum absolute atomic E-state index is 11.1. The van der Waals surface area contributed by atoms with E-state index in [0.29, 0.717) is 12.8 Å². The molecule has 0 amide bonds. The average Bonchev–Trinajstić information content (AvgIpc) is 2.09. The van der Waals surface area contributed by atoms with Crippen LogP contribution in [0.5, 0.6) is 0 Å². The quantitative estimate of drug-likeness (QED) is 0.563. The van der Waals surface area contributed by atoms with Crippen molar-refractivity contribution in [3.63, 3.8) is 0 Å². The van der Waals surface area contributed by atoms with Gasteiger partial charge in [0.25, 0.3) is 10.1 Å². The van der Waals surface area contributed by atoms with Crippen LogP contribution in [0.15, 0.2) is 24.3 Å². The Morgan fingerprint density at radius 3 is 2.41 bits per heavy atom. The highest BCUT2D eigenvalue weighted by Gasteiger charge is 2.30. The molecule has 17 heavy (non-hydrogen) atoms. The lowest BCUT2D eigenvalue weighted by atomic mass is 9.96. The molecule has 0 aromatic rings. The molecular weight excluding hydrogens is 240 g/mol. The van der Waals surface area contributed by atoms with Crippen molar-refractivity contribution in [2.45, 2.75) is 45.3 Å². The second kappa shape index (κ2) is 6.33. The Hall–Kier alpha value is -0.650. The van der Waals surface area contributed by atoms with Gasteiger partial charge in [-0.15, -0.1) is 0 Å². The minimum absolute atomic E-state index is 0.437. The molecule has 0 radical (unpaired) electrons. The molecule has 0 aromatic carbocycles. The molecule has 0 aromatic heterocycles. The Kier molecular flexibility index (Phi) is 6.09. The van der Waals surface area contributed by atoms with Crippen molar-refractivity contribution in [2.24, 2.45) is 0 Å². The second-order valence-corrected chi connectivity index (χ2v) is 6.33. The van der Waals surface area contributed by atoms with E-state index in [0.717, 1.165) is 11.8 Å². The van der Waals surface area contributed by atoms with Gasteiger partial charge in [-0.1, -0.05) is 24.3 Å². The zero-order valence-electron chi connectivity index (χ0n) is 10.9. The lowest BCUT2D eigenvalue weighted by Gasteiger charge is -2.28. The molecule has 0 aliphatic carbocycles. The predicted molar refractivity (Wildman–Crippen MR) is 69.2 cm³/mol. The monoisotopic (exact) mass is 262 g/mol. The van der Waals surface area contributed by atoms with E-state index in [1.807, 2.05) is 13.0 Å². The first-order valence-corrected chi connectivity index (χ1v) is 7.26.